The Morgan fingerprint density at radius 1 is 1.16 bits per heavy atom. The molecule has 1 atom stereocenters. The quantitative estimate of drug-likeness (QED) is 0.534. The van der Waals surface area contributed by atoms with Gasteiger partial charge in [-0.15, -0.1) is 9.24 Å². The average Bonchev–Trinajstić information content (AvgIpc) is 3.18. The standard InChI is InChI=1S/C23H27FN5O2P/c1-16-11-17(3-4-20(16)24)21-12-18(15-31-2)29(26-21)14-23(30)28-9-7-27(8-10-28)22-13-19(32)5-6-25-22/h3-6,11-13H,7-10,14-15,32H2,1-2H3. The van der Waals surface area contributed by atoms with Gasteiger partial charge < -0.3 is 14.5 Å². The fraction of sp³-hybridized carbons (Fsp3) is 0.348. The first-order valence-corrected chi connectivity index (χ1v) is 11.1. The van der Waals surface area contributed by atoms with Crippen LogP contribution in [0, 0.1) is 12.7 Å². The van der Waals surface area contributed by atoms with Crippen LogP contribution in [0.15, 0.2) is 42.6 Å². The Balaban J connectivity index is 1.44. The van der Waals surface area contributed by atoms with Crippen molar-refractivity contribution in [2.75, 3.05) is 38.2 Å². The topological polar surface area (TPSA) is 63.5 Å². The Morgan fingerprint density at radius 3 is 2.62 bits per heavy atom. The number of hydrogen-bond donors (Lipinski definition) is 0. The molecule has 0 N–H and O–H groups in total. The lowest BCUT2D eigenvalue weighted by Crippen LogP contribution is -2.50. The van der Waals surface area contributed by atoms with E-state index in [0.717, 1.165) is 35.5 Å². The molecule has 9 heteroatoms. The van der Waals surface area contributed by atoms with Gasteiger partial charge in [-0.1, -0.05) is 0 Å². The maximum atomic E-state index is 13.6. The van der Waals surface area contributed by atoms with E-state index in [4.69, 9.17) is 4.74 Å². The summed E-state index contributed by atoms with van der Waals surface area (Å²) in [4.78, 5) is 21.5. The zero-order valence-electron chi connectivity index (χ0n) is 18.3. The highest BCUT2D eigenvalue weighted by Gasteiger charge is 2.23. The molecule has 0 radical (unpaired) electrons. The van der Waals surface area contributed by atoms with Crippen molar-refractivity contribution in [3.8, 4) is 11.3 Å². The molecule has 7 nitrogen and oxygen atoms in total. The molecular weight excluding hydrogens is 428 g/mol. The van der Waals surface area contributed by atoms with Gasteiger partial charge in [0.2, 0.25) is 5.91 Å². The van der Waals surface area contributed by atoms with Crippen LogP contribution >= 0.6 is 9.24 Å². The van der Waals surface area contributed by atoms with E-state index >= 15 is 0 Å². The number of piperazine rings is 1. The molecule has 3 heterocycles. The van der Waals surface area contributed by atoms with Crippen LogP contribution in [0.25, 0.3) is 11.3 Å². The summed E-state index contributed by atoms with van der Waals surface area (Å²) < 4.78 is 20.6. The molecule has 0 bridgehead atoms. The van der Waals surface area contributed by atoms with Crippen molar-refractivity contribution in [2.24, 2.45) is 0 Å². The van der Waals surface area contributed by atoms with Gasteiger partial charge >= 0.3 is 0 Å². The van der Waals surface area contributed by atoms with E-state index in [1.165, 1.54) is 6.07 Å². The highest BCUT2D eigenvalue weighted by atomic mass is 31.0. The predicted octanol–water partition coefficient (Wildman–Crippen LogP) is 2.39. The third-order valence-electron chi connectivity index (χ3n) is 5.62. The molecule has 1 unspecified atom stereocenters. The molecule has 4 rings (SSSR count). The molecule has 2 aromatic heterocycles. The van der Waals surface area contributed by atoms with Gasteiger partial charge in [0.05, 0.1) is 18.0 Å². The van der Waals surface area contributed by atoms with Crippen molar-refractivity contribution < 1.29 is 13.9 Å². The van der Waals surface area contributed by atoms with Crippen molar-refractivity contribution in [2.45, 2.75) is 20.1 Å². The minimum atomic E-state index is -0.251. The van der Waals surface area contributed by atoms with Gasteiger partial charge in [-0.05, 0) is 54.2 Å². The molecule has 0 spiro atoms. The van der Waals surface area contributed by atoms with Crippen LogP contribution in [0.5, 0.6) is 0 Å². The maximum absolute atomic E-state index is 13.6. The summed E-state index contributed by atoms with van der Waals surface area (Å²) in [6.07, 6.45) is 1.80. The van der Waals surface area contributed by atoms with E-state index in [9.17, 15) is 9.18 Å². The number of aromatic nitrogens is 3. The van der Waals surface area contributed by atoms with E-state index in [-0.39, 0.29) is 18.3 Å². The van der Waals surface area contributed by atoms with Gasteiger partial charge in [-0.3, -0.25) is 9.48 Å². The van der Waals surface area contributed by atoms with Crippen LogP contribution < -0.4 is 10.2 Å². The Bertz CT molecular complexity index is 1110. The number of amides is 1. The number of aryl methyl sites for hydroxylation is 1. The number of carbonyl (C=O) groups excluding carboxylic acids is 1. The highest BCUT2D eigenvalue weighted by Crippen LogP contribution is 2.22. The van der Waals surface area contributed by atoms with Crippen LogP contribution in [0.4, 0.5) is 10.2 Å². The minimum Gasteiger partial charge on any atom is -0.378 e. The lowest BCUT2D eigenvalue weighted by molar-refractivity contribution is -0.132. The number of halogens is 1. The molecule has 168 valence electrons. The molecule has 32 heavy (non-hydrogen) atoms. The van der Waals surface area contributed by atoms with Gasteiger partial charge in [-0.25, -0.2) is 9.37 Å². The normalized spacial score (nSPS) is 14.1. The number of anilines is 1. The second-order valence-corrected chi connectivity index (χ2v) is 8.56. The Labute approximate surface area is 189 Å². The predicted molar refractivity (Wildman–Crippen MR) is 125 cm³/mol. The van der Waals surface area contributed by atoms with Gasteiger partial charge in [0.1, 0.15) is 18.2 Å². The van der Waals surface area contributed by atoms with Crippen molar-refractivity contribution in [3.63, 3.8) is 0 Å². The maximum Gasteiger partial charge on any atom is 0.244 e. The summed E-state index contributed by atoms with van der Waals surface area (Å²) in [5.74, 6) is 0.692. The first kappa shape index (κ1) is 22.4. The molecule has 1 aliphatic rings. The molecule has 1 aliphatic heterocycles. The summed E-state index contributed by atoms with van der Waals surface area (Å²) in [7, 11) is 4.29. The number of methoxy groups -OCH3 is 1. The fourth-order valence-corrected chi connectivity index (χ4v) is 4.06. The summed E-state index contributed by atoms with van der Waals surface area (Å²) in [6.45, 7) is 4.93. The molecular formula is C23H27FN5O2P. The third kappa shape index (κ3) is 4.97. The summed E-state index contributed by atoms with van der Waals surface area (Å²) >= 11 is 0. The number of pyridine rings is 1. The molecule has 1 saturated heterocycles. The molecule has 0 aliphatic carbocycles. The molecule has 0 saturated carbocycles. The largest absolute Gasteiger partial charge is 0.378 e. The van der Waals surface area contributed by atoms with Crippen LogP contribution in [0.3, 0.4) is 0 Å². The number of carbonyl (C=O) groups is 1. The van der Waals surface area contributed by atoms with Gasteiger partial charge in [-0.2, -0.15) is 5.10 Å². The lowest BCUT2D eigenvalue weighted by atomic mass is 10.1. The lowest BCUT2D eigenvalue weighted by Gasteiger charge is -2.35. The second-order valence-electron chi connectivity index (χ2n) is 7.89. The number of rotatable bonds is 6. The highest BCUT2D eigenvalue weighted by molar-refractivity contribution is 7.27. The first-order chi connectivity index (χ1) is 15.4. The summed E-state index contributed by atoms with van der Waals surface area (Å²) in [6, 6.07) is 10.8. The van der Waals surface area contributed by atoms with Crippen molar-refractivity contribution in [3.05, 3.63) is 59.7 Å². The van der Waals surface area contributed by atoms with Gasteiger partial charge in [0.15, 0.2) is 0 Å². The Morgan fingerprint density at radius 2 is 1.94 bits per heavy atom. The van der Waals surface area contributed by atoms with E-state index in [1.807, 2.05) is 23.1 Å². The zero-order valence-corrected chi connectivity index (χ0v) is 19.4. The number of ether oxygens (including phenoxy) is 1. The number of hydrogen-bond acceptors (Lipinski definition) is 5. The van der Waals surface area contributed by atoms with E-state index in [2.05, 4.69) is 24.2 Å². The summed E-state index contributed by atoms with van der Waals surface area (Å²) in [5, 5.41) is 5.71. The molecule has 3 aromatic rings. The van der Waals surface area contributed by atoms with Crippen molar-refractivity contribution >= 4 is 26.3 Å². The van der Waals surface area contributed by atoms with Crippen LogP contribution in [-0.4, -0.2) is 58.9 Å². The van der Waals surface area contributed by atoms with Crippen LogP contribution in [0.2, 0.25) is 0 Å². The van der Waals surface area contributed by atoms with E-state index in [0.29, 0.717) is 31.0 Å². The molecule has 1 fully saturated rings. The average molecular weight is 455 g/mol. The van der Waals surface area contributed by atoms with E-state index < -0.39 is 0 Å². The van der Waals surface area contributed by atoms with Crippen molar-refractivity contribution in [1.82, 2.24) is 19.7 Å². The monoisotopic (exact) mass is 455 g/mol. The third-order valence-corrected chi connectivity index (χ3v) is 5.98. The Kier molecular flexibility index (Phi) is 6.82. The first-order valence-electron chi connectivity index (χ1n) is 10.5. The molecule has 1 aromatic carbocycles. The smallest absolute Gasteiger partial charge is 0.244 e. The van der Waals surface area contributed by atoms with Crippen LogP contribution in [0.1, 0.15) is 11.3 Å². The SMILES string of the molecule is COCc1cc(-c2ccc(F)c(C)c2)nn1CC(=O)N1CCN(c2cc(P)ccn2)CC1. The molecule has 1 amide bonds. The Hall–Kier alpha value is -2.83. The second kappa shape index (κ2) is 9.76. The number of nitrogens with zero attached hydrogens (tertiary/aromatic N) is 5. The van der Waals surface area contributed by atoms with Gasteiger partial charge in [0, 0.05) is 45.0 Å². The zero-order chi connectivity index (χ0) is 22.7. The van der Waals surface area contributed by atoms with E-state index in [1.54, 1.807) is 37.0 Å². The summed E-state index contributed by atoms with van der Waals surface area (Å²) in [5.41, 5.74) is 2.87. The van der Waals surface area contributed by atoms with Gasteiger partial charge in [0.25, 0.3) is 0 Å². The van der Waals surface area contributed by atoms with Crippen molar-refractivity contribution in [1.29, 1.82) is 0 Å². The fourth-order valence-electron chi connectivity index (χ4n) is 3.82. The number of benzene rings is 1. The minimum absolute atomic E-state index is 0.0136. The van der Waals surface area contributed by atoms with Crippen LogP contribution in [-0.2, 0) is 22.7 Å².